The molecule has 3 aromatic rings. The second-order valence-corrected chi connectivity index (χ2v) is 10.1. The fraction of sp³-hybridized carbons (Fsp3) is 0.167. The molecule has 2 amide bonds. The normalized spacial score (nSPS) is 13.3. The molecule has 0 unspecified atom stereocenters. The molecule has 1 aliphatic rings. The number of nitrogens with zero attached hydrogens (tertiary/aromatic N) is 1. The first-order valence-corrected chi connectivity index (χ1v) is 12.3. The summed E-state index contributed by atoms with van der Waals surface area (Å²) >= 11 is 5.87. The second kappa shape index (κ2) is 9.84. The van der Waals surface area contributed by atoms with E-state index in [1.54, 1.807) is 18.2 Å². The van der Waals surface area contributed by atoms with Gasteiger partial charge in [-0.25, -0.2) is 8.42 Å². The number of rotatable bonds is 8. The van der Waals surface area contributed by atoms with E-state index in [1.165, 1.54) is 28.6 Å². The van der Waals surface area contributed by atoms with Crippen molar-refractivity contribution >= 4 is 39.3 Å². The van der Waals surface area contributed by atoms with Crippen LogP contribution >= 0.6 is 11.6 Å². The average Bonchev–Trinajstić information content (AvgIpc) is 3.39. The summed E-state index contributed by atoms with van der Waals surface area (Å²) in [6.07, 6.45) is 1.77. The molecule has 0 spiro atoms. The second-order valence-electron chi connectivity index (χ2n) is 7.68. The van der Waals surface area contributed by atoms with E-state index in [2.05, 4.69) is 17.2 Å². The molecule has 1 aliphatic heterocycles. The van der Waals surface area contributed by atoms with E-state index in [0.717, 1.165) is 11.6 Å². The molecule has 10 heteroatoms. The number of benzene rings is 2. The van der Waals surface area contributed by atoms with Crippen LogP contribution in [0.15, 0.2) is 76.6 Å². The molecule has 0 saturated carbocycles. The maximum Gasteiger partial charge on any atom is 0.251 e. The predicted molar refractivity (Wildman–Crippen MR) is 128 cm³/mol. The quantitative estimate of drug-likeness (QED) is 0.459. The van der Waals surface area contributed by atoms with Gasteiger partial charge >= 0.3 is 0 Å². The average molecular weight is 500 g/mol. The van der Waals surface area contributed by atoms with E-state index >= 15 is 0 Å². The van der Waals surface area contributed by atoms with Crippen molar-refractivity contribution in [3.8, 4) is 0 Å². The van der Waals surface area contributed by atoms with Gasteiger partial charge in [0.1, 0.15) is 5.76 Å². The van der Waals surface area contributed by atoms with E-state index in [0.29, 0.717) is 34.9 Å². The third-order valence-corrected chi connectivity index (χ3v) is 7.42. The zero-order valence-electron chi connectivity index (χ0n) is 18.1. The molecule has 176 valence electrons. The monoisotopic (exact) mass is 499 g/mol. The van der Waals surface area contributed by atoms with Gasteiger partial charge in [-0.05, 0) is 54.5 Å². The summed E-state index contributed by atoms with van der Waals surface area (Å²) in [4.78, 5) is 23.9. The van der Waals surface area contributed by atoms with Crippen molar-refractivity contribution in [2.45, 2.75) is 24.4 Å². The molecule has 0 aliphatic carbocycles. The van der Waals surface area contributed by atoms with Gasteiger partial charge in [-0.15, -0.1) is 0 Å². The number of sulfonamides is 1. The number of hydrogen-bond acceptors (Lipinski definition) is 5. The lowest BCUT2D eigenvalue weighted by Gasteiger charge is -2.16. The van der Waals surface area contributed by atoms with Gasteiger partial charge < -0.3 is 9.73 Å². The Morgan fingerprint density at radius 2 is 1.79 bits per heavy atom. The van der Waals surface area contributed by atoms with Gasteiger partial charge in [-0.2, -0.15) is 4.31 Å². The van der Waals surface area contributed by atoms with Crippen molar-refractivity contribution < 1.29 is 22.4 Å². The van der Waals surface area contributed by atoms with Crippen LogP contribution in [-0.2, 0) is 34.3 Å². The minimum Gasteiger partial charge on any atom is -0.444 e. The Morgan fingerprint density at radius 3 is 2.44 bits per heavy atom. The molecule has 0 radical (unpaired) electrons. The minimum atomic E-state index is -3.79. The van der Waals surface area contributed by atoms with Crippen LogP contribution < -0.4 is 10.6 Å². The Labute approximate surface area is 202 Å². The lowest BCUT2D eigenvalue weighted by molar-refractivity contribution is -0.112. The molecule has 1 aromatic heterocycles. The number of amides is 2. The van der Waals surface area contributed by atoms with Gasteiger partial charge in [0.05, 0.1) is 11.4 Å². The van der Waals surface area contributed by atoms with Crippen LogP contribution in [0.1, 0.15) is 27.2 Å². The third kappa shape index (κ3) is 5.22. The Hall–Kier alpha value is -3.40. The SMILES string of the molecule is C=CC(=O)Nc1cc2c(o1)CN(S(=O)(=O)c1ccc(C(=O)NCCc3ccc(Cl)cc3)cc1)C2. The smallest absolute Gasteiger partial charge is 0.251 e. The van der Waals surface area contributed by atoms with Crippen molar-refractivity contribution in [2.24, 2.45) is 0 Å². The molecule has 34 heavy (non-hydrogen) atoms. The Balaban J connectivity index is 1.35. The van der Waals surface area contributed by atoms with Crippen LogP contribution in [0.3, 0.4) is 0 Å². The standard InChI is InChI=1S/C24H22ClN3O5S/c1-2-22(29)27-23-13-18-14-28(15-21(18)33-23)34(31,32)20-9-5-17(6-10-20)24(30)26-12-11-16-3-7-19(25)8-4-16/h2-10,13H,1,11-12,14-15H2,(H,26,30)(H,27,29). The van der Waals surface area contributed by atoms with Gasteiger partial charge in [0.15, 0.2) is 5.88 Å². The van der Waals surface area contributed by atoms with Gasteiger partial charge in [-0.3, -0.25) is 14.9 Å². The topological polar surface area (TPSA) is 109 Å². The lowest BCUT2D eigenvalue weighted by atomic mass is 10.1. The summed E-state index contributed by atoms with van der Waals surface area (Å²) in [5.74, 6) is 0.0244. The number of nitrogens with one attached hydrogen (secondary N) is 2. The molecule has 4 rings (SSSR count). The zero-order valence-corrected chi connectivity index (χ0v) is 19.7. The molecule has 2 N–H and O–H groups in total. The fourth-order valence-electron chi connectivity index (χ4n) is 3.55. The zero-order chi connectivity index (χ0) is 24.3. The first kappa shape index (κ1) is 23.7. The number of fused-ring (bicyclic) bond motifs is 1. The van der Waals surface area contributed by atoms with E-state index in [9.17, 15) is 18.0 Å². The van der Waals surface area contributed by atoms with Crippen LogP contribution in [0.2, 0.25) is 5.02 Å². The molecule has 8 nitrogen and oxygen atoms in total. The highest BCUT2D eigenvalue weighted by molar-refractivity contribution is 7.89. The van der Waals surface area contributed by atoms with Crippen LogP contribution in [0, 0.1) is 0 Å². The first-order chi connectivity index (χ1) is 16.3. The maximum atomic E-state index is 13.0. The molecule has 0 saturated heterocycles. The number of anilines is 1. The molecule has 0 fully saturated rings. The van der Waals surface area contributed by atoms with E-state index < -0.39 is 15.9 Å². The van der Waals surface area contributed by atoms with Crippen LogP contribution in [-0.4, -0.2) is 31.1 Å². The Kier molecular flexibility index (Phi) is 6.87. The lowest BCUT2D eigenvalue weighted by Crippen LogP contribution is -2.27. The van der Waals surface area contributed by atoms with Crippen LogP contribution in [0.25, 0.3) is 0 Å². The summed E-state index contributed by atoms with van der Waals surface area (Å²) < 4.78 is 32.9. The highest BCUT2D eigenvalue weighted by Gasteiger charge is 2.33. The van der Waals surface area contributed by atoms with Crippen molar-refractivity contribution in [1.29, 1.82) is 0 Å². The molecule has 2 aromatic carbocycles. The highest BCUT2D eigenvalue weighted by atomic mass is 35.5. The van der Waals surface area contributed by atoms with Crippen molar-refractivity contribution in [2.75, 3.05) is 11.9 Å². The summed E-state index contributed by atoms with van der Waals surface area (Å²) in [6.45, 7) is 3.99. The highest BCUT2D eigenvalue weighted by Crippen LogP contribution is 2.32. The summed E-state index contributed by atoms with van der Waals surface area (Å²) in [7, 11) is -3.79. The molecule has 0 atom stereocenters. The molecular weight excluding hydrogens is 478 g/mol. The number of hydrogen-bond donors (Lipinski definition) is 2. The van der Waals surface area contributed by atoms with Crippen LogP contribution in [0.4, 0.5) is 5.88 Å². The van der Waals surface area contributed by atoms with E-state index in [4.69, 9.17) is 16.0 Å². The van der Waals surface area contributed by atoms with E-state index in [1.807, 2.05) is 12.1 Å². The molecule has 0 bridgehead atoms. The van der Waals surface area contributed by atoms with Gasteiger partial charge in [0.2, 0.25) is 15.9 Å². The van der Waals surface area contributed by atoms with Gasteiger partial charge in [0, 0.05) is 35.3 Å². The van der Waals surface area contributed by atoms with Crippen LogP contribution in [0.5, 0.6) is 0 Å². The minimum absolute atomic E-state index is 0.0502. The first-order valence-electron chi connectivity index (χ1n) is 10.4. The summed E-state index contributed by atoms with van der Waals surface area (Å²) in [6, 6.07) is 14.8. The van der Waals surface area contributed by atoms with Gasteiger partial charge in [0.25, 0.3) is 5.91 Å². The molecular formula is C24H22ClN3O5S. The number of furan rings is 1. The summed E-state index contributed by atoms with van der Waals surface area (Å²) in [5.41, 5.74) is 2.09. The predicted octanol–water partition coefficient (Wildman–Crippen LogP) is 3.73. The number of carbonyl (C=O) groups is 2. The van der Waals surface area contributed by atoms with Crippen molar-refractivity contribution in [3.05, 3.63) is 94.7 Å². The fourth-order valence-corrected chi connectivity index (χ4v) is 5.05. The third-order valence-electron chi connectivity index (χ3n) is 5.36. The van der Waals surface area contributed by atoms with Gasteiger partial charge in [-0.1, -0.05) is 30.3 Å². The number of halogens is 1. The number of carbonyl (C=O) groups excluding carboxylic acids is 2. The largest absolute Gasteiger partial charge is 0.444 e. The Morgan fingerprint density at radius 1 is 1.09 bits per heavy atom. The summed E-state index contributed by atoms with van der Waals surface area (Å²) in [5, 5.41) is 6.00. The van der Waals surface area contributed by atoms with E-state index in [-0.39, 0.29) is 29.8 Å². The Bertz CT molecular complexity index is 1310. The maximum absolute atomic E-state index is 13.0. The van der Waals surface area contributed by atoms with Crippen molar-refractivity contribution in [1.82, 2.24) is 9.62 Å². The van der Waals surface area contributed by atoms with Crippen molar-refractivity contribution in [3.63, 3.8) is 0 Å². The molecule has 2 heterocycles.